The van der Waals surface area contributed by atoms with Crippen LogP contribution in [0.4, 0.5) is 32.2 Å². The first-order chi connectivity index (χ1) is 12.0. The van der Waals surface area contributed by atoms with E-state index in [1.807, 2.05) is 0 Å². The third-order valence-electron chi connectivity index (χ3n) is 3.41. The highest BCUT2D eigenvalue weighted by Gasteiger charge is 2.41. The van der Waals surface area contributed by atoms with Gasteiger partial charge in [0.1, 0.15) is 10.7 Å². The molecule has 0 amide bonds. The molecule has 0 radical (unpaired) electrons. The molecule has 0 aliphatic rings. The van der Waals surface area contributed by atoms with Crippen molar-refractivity contribution < 1.29 is 26.3 Å². The second-order valence-electron chi connectivity index (χ2n) is 5.32. The number of alkyl halides is 6. The highest BCUT2D eigenvalue weighted by molar-refractivity contribution is 7.15. The maximum absolute atomic E-state index is 13.4. The summed E-state index contributed by atoms with van der Waals surface area (Å²) >= 11 is 0.170. The molecule has 0 aromatic carbocycles. The number of nitrogens with two attached hydrogens (primary N) is 1. The molecule has 3 aromatic rings. The van der Waals surface area contributed by atoms with Crippen molar-refractivity contribution in [2.24, 2.45) is 0 Å². The van der Waals surface area contributed by atoms with E-state index in [2.05, 4.69) is 10.1 Å². The van der Waals surface area contributed by atoms with Gasteiger partial charge in [-0.15, -0.1) is 11.3 Å². The van der Waals surface area contributed by atoms with Crippen LogP contribution >= 0.6 is 11.3 Å². The normalized spacial score (nSPS) is 12.6. The summed E-state index contributed by atoms with van der Waals surface area (Å²) in [6.07, 6.45) is -9.56. The fourth-order valence-corrected chi connectivity index (χ4v) is 3.25. The van der Waals surface area contributed by atoms with Gasteiger partial charge < -0.3 is 5.73 Å². The Labute approximate surface area is 146 Å². The first-order valence-electron chi connectivity index (χ1n) is 7.05. The van der Waals surface area contributed by atoms with Gasteiger partial charge in [-0.25, -0.2) is 4.98 Å². The maximum atomic E-state index is 13.4. The molecule has 138 valence electrons. The number of hydrogen-bond donors (Lipinski definition) is 1. The van der Waals surface area contributed by atoms with E-state index in [-0.39, 0.29) is 22.0 Å². The van der Waals surface area contributed by atoms with E-state index in [0.29, 0.717) is 11.8 Å². The molecule has 3 aromatic heterocycles. The Morgan fingerprint density at radius 3 is 2.23 bits per heavy atom. The summed E-state index contributed by atoms with van der Waals surface area (Å²) in [5, 5.41) is 3.47. The zero-order valence-corrected chi connectivity index (χ0v) is 13.8. The first-order valence-corrected chi connectivity index (χ1v) is 7.87. The van der Waals surface area contributed by atoms with Gasteiger partial charge in [-0.2, -0.15) is 36.1 Å². The van der Waals surface area contributed by atoms with Crippen LogP contribution < -0.4 is 5.73 Å². The molecule has 11 heteroatoms. The van der Waals surface area contributed by atoms with Crippen molar-refractivity contribution in [1.82, 2.24) is 14.8 Å². The molecule has 3 heterocycles. The Morgan fingerprint density at radius 2 is 1.69 bits per heavy atom. The molecular formula is C15H10F6N4S. The number of hydrogen-bond acceptors (Lipinski definition) is 4. The number of anilines is 1. The van der Waals surface area contributed by atoms with Crippen LogP contribution in [-0.4, -0.2) is 14.8 Å². The van der Waals surface area contributed by atoms with Crippen molar-refractivity contribution in [3.63, 3.8) is 0 Å². The smallest absolute Gasteiger partial charge is 0.383 e. The van der Waals surface area contributed by atoms with Gasteiger partial charge in [-0.05, 0) is 31.2 Å². The molecule has 0 unspecified atom stereocenters. The van der Waals surface area contributed by atoms with E-state index in [1.165, 1.54) is 6.07 Å². The van der Waals surface area contributed by atoms with Gasteiger partial charge in [0.15, 0.2) is 11.5 Å². The van der Waals surface area contributed by atoms with E-state index in [0.717, 1.165) is 10.7 Å². The SMILES string of the molecule is Cc1cccc(-n2nc(C(F)(F)F)c(-c3ccc(C(F)(F)F)s3)c2N)n1. The summed E-state index contributed by atoms with van der Waals surface area (Å²) in [7, 11) is 0. The molecular weight excluding hydrogens is 382 g/mol. The fraction of sp³-hybridized carbons (Fsp3) is 0.200. The molecule has 26 heavy (non-hydrogen) atoms. The number of aryl methyl sites for hydroxylation is 1. The van der Waals surface area contributed by atoms with Gasteiger partial charge in [0, 0.05) is 10.6 Å². The minimum Gasteiger partial charge on any atom is -0.383 e. The number of nitrogen functional groups attached to an aromatic ring is 1. The van der Waals surface area contributed by atoms with E-state index < -0.39 is 34.3 Å². The lowest BCUT2D eigenvalue weighted by molar-refractivity contribution is -0.140. The van der Waals surface area contributed by atoms with Gasteiger partial charge in [-0.1, -0.05) is 6.07 Å². The van der Waals surface area contributed by atoms with Crippen molar-refractivity contribution in [3.05, 3.63) is 46.6 Å². The zero-order valence-electron chi connectivity index (χ0n) is 13.0. The summed E-state index contributed by atoms with van der Waals surface area (Å²) in [5.41, 5.74) is 4.37. The van der Waals surface area contributed by atoms with Crippen molar-refractivity contribution >= 4 is 17.2 Å². The van der Waals surface area contributed by atoms with Crippen molar-refractivity contribution in [1.29, 1.82) is 0 Å². The Morgan fingerprint density at radius 1 is 1.00 bits per heavy atom. The lowest BCUT2D eigenvalue weighted by Gasteiger charge is -2.05. The molecule has 0 fully saturated rings. The van der Waals surface area contributed by atoms with Crippen molar-refractivity contribution in [2.75, 3.05) is 5.73 Å². The monoisotopic (exact) mass is 392 g/mol. The Bertz CT molecular complexity index is 954. The third-order valence-corrected chi connectivity index (χ3v) is 4.56. The molecule has 4 nitrogen and oxygen atoms in total. The van der Waals surface area contributed by atoms with Gasteiger partial charge in [0.05, 0.1) is 5.56 Å². The fourth-order valence-electron chi connectivity index (χ4n) is 2.32. The average molecular weight is 392 g/mol. The second kappa shape index (κ2) is 6.01. The van der Waals surface area contributed by atoms with E-state index in [9.17, 15) is 26.3 Å². The molecule has 0 spiro atoms. The van der Waals surface area contributed by atoms with Crippen LogP contribution in [-0.2, 0) is 12.4 Å². The number of rotatable bonds is 2. The summed E-state index contributed by atoms with van der Waals surface area (Å²) in [6, 6.07) is 6.24. The number of halogens is 6. The molecule has 0 atom stereocenters. The summed E-state index contributed by atoms with van der Waals surface area (Å²) in [6.45, 7) is 1.63. The Hall–Kier alpha value is -2.56. The first kappa shape index (κ1) is 18.2. The molecule has 0 aliphatic heterocycles. The summed E-state index contributed by atoms with van der Waals surface area (Å²) in [4.78, 5) is 2.75. The van der Waals surface area contributed by atoms with Gasteiger partial charge in [0.2, 0.25) is 0 Å². The quantitative estimate of drug-likeness (QED) is 0.630. The predicted molar refractivity (Wildman–Crippen MR) is 83.8 cm³/mol. The molecule has 0 bridgehead atoms. The van der Waals surface area contributed by atoms with Gasteiger partial charge in [-0.3, -0.25) is 0 Å². The summed E-state index contributed by atoms with van der Waals surface area (Å²) < 4.78 is 79.3. The van der Waals surface area contributed by atoms with Gasteiger partial charge in [0.25, 0.3) is 0 Å². The third kappa shape index (κ3) is 3.26. The molecule has 0 saturated carbocycles. The molecule has 2 N–H and O–H groups in total. The predicted octanol–water partition coefficient (Wildman–Crippen LogP) is 4.92. The largest absolute Gasteiger partial charge is 0.435 e. The highest BCUT2D eigenvalue weighted by Crippen LogP contribution is 2.45. The van der Waals surface area contributed by atoms with Crippen LogP contribution in [0.25, 0.3) is 16.3 Å². The number of thiophene rings is 1. The lowest BCUT2D eigenvalue weighted by Crippen LogP contribution is -2.09. The van der Waals surface area contributed by atoms with Crippen LogP contribution in [0.15, 0.2) is 30.3 Å². The van der Waals surface area contributed by atoms with Crippen molar-refractivity contribution in [2.45, 2.75) is 19.3 Å². The lowest BCUT2D eigenvalue weighted by atomic mass is 10.2. The van der Waals surface area contributed by atoms with E-state index >= 15 is 0 Å². The average Bonchev–Trinajstić information content (AvgIpc) is 3.10. The van der Waals surface area contributed by atoms with Crippen LogP contribution in [0.1, 0.15) is 16.3 Å². The Balaban J connectivity index is 2.23. The minimum absolute atomic E-state index is 0.0341. The van der Waals surface area contributed by atoms with Crippen LogP contribution in [0.2, 0.25) is 0 Å². The second-order valence-corrected chi connectivity index (χ2v) is 6.40. The topological polar surface area (TPSA) is 56.7 Å². The molecule has 0 aliphatic carbocycles. The van der Waals surface area contributed by atoms with Crippen LogP contribution in [0.5, 0.6) is 0 Å². The standard InChI is InChI=1S/C15H10F6N4S/c1-7-3-2-4-10(23-7)25-13(22)11(12(24-25)15(19,20)21)8-5-6-9(26-8)14(16,17)18/h2-6H,22H2,1H3. The summed E-state index contributed by atoms with van der Waals surface area (Å²) in [5.74, 6) is -0.405. The van der Waals surface area contributed by atoms with Crippen LogP contribution in [0.3, 0.4) is 0 Å². The van der Waals surface area contributed by atoms with E-state index in [1.54, 1.807) is 19.1 Å². The number of pyridine rings is 1. The number of nitrogens with zero attached hydrogens (tertiary/aromatic N) is 3. The van der Waals surface area contributed by atoms with Crippen molar-refractivity contribution in [3.8, 4) is 16.3 Å². The molecule has 0 saturated heterocycles. The highest BCUT2D eigenvalue weighted by atomic mass is 32.1. The zero-order chi connectivity index (χ0) is 19.3. The minimum atomic E-state index is -4.90. The van der Waals surface area contributed by atoms with Gasteiger partial charge >= 0.3 is 12.4 Å². The number of aromatic nitrogens is 3. The van der Waals surface area contributed by atoms with Crippen LogP contribution in [0, 0.1) is 6.92 Å². The maximum Gasteiger partial charge on any atom is 0.435 e. The van der Waals surface area contributed by atoms with E-state index in [4.69, 9.17) is 5.73 Å². The molecule has 3 rings (SSSR count). The Kier molecular flexibility index (Phi) is 4.21.